The summed E-state index contributed by atoms with van der Waals surface area (Å²) in [6, 6.07) is 6.62. The van der Waals surface area contributed by atoms with Crippen LogP contribution in [0.3, 0.4) is 0 Å². The van der Waals surface area contributed by atoms with E-state index in [9.17, 15) is 18.3 Å². The second-order valence-corrected chi connectivity index (χ2v) is 11.4. The fraction of sp³-hybridized carbons (Fsp3) is 0.565. The molecule has 1 saturated heterocycles. The lowest BCUT2D eigenvalue weighted by Crippen LogP contribution is -2.47. The lowest BCUT2D eigenvalue weighted by atomic mass is 10.0. The van der Waals surface area contributed by atoms with Crippen LogP contribution in [-0.4, -0.2) is 65.9 Å². The van der Waals surface area contributed by atoms with Crippen LogP contribution >= 0.6 is 0 Å². The van der Waals surface area contributed by atoms with Crippen molar-refractivity contribution in [3.05, 3.63) is 35.5 Å². The van der Waals surface area contributed by atoms with E-state index in [2.05, 4.69) is 5.10 Å². The topological polar surface area (TPSA) is 111 Å². The van der Waals surface area contributed by atoms with Crippen LogP contribution in [0.15, 0.2) is 29.2 Å². The fourth-order valence-corrected chi connectivity index (χ4v) is 6.09. The minimum absolute atomic E-state index is 0.0357. The van der Waals surface area contributed by atoms with Gasteiger partial charge in [0.15, 0.2) is 15.5 Å². The zero-order valence-corrected chi connectivity index (χ0v) is 20.3. The smallest absolute Gasteiger partial charge is 0.359 e. The van der Waals surface area contributed by atoms with Gasteiger partial charge in [0.25, 0.3) is 0 Å². The van der Waals surface area contributed by atoms with Crippen LogP contribution in [0.4, 0.5) is 0 Å². The van der Waals surface area contributed by atoms with Gasteiger partial charge in [-0.1, -0.05) is 18.2 Å². The Morgan fingerprint density at radius 3 is 2.73 bits per heavy atom. The molecule has 1 N–H and O–H groups in total. The number of sulfone groups is 1. The van der Waals surface area contributed by atoms with Crippen molar-refractivity contribution in [3.8, 4) is 11.3 Å². The van der Waals surface area contributed by atoms with Gasteiger partial charge in [0.1, 0.15) is 0 Å². The number of rotatable bonds is 5. The van der Waals surface area contributed by atoms with Crippen LogP contribution in [0.25, 0.3) is 11.3 Å². The number of ether oxygens (including phenoxy) is 2. The number of esters is 1. The first kappa shape index (κ1) is 23.9. The quantitative estimate of drug-likeness (QED) is 0.517. The average Bonchev–Trinajstić information content (AvgIpc) is 3.12. The molecule has 1 fully saturated rings. The van der Waals surface area contributed by atoms with Gasteiger partial charge >= 0.3 is 5.97 Å². The number of aromatic nitrogens is 2. The number of fused-ring (bicyclic) bond motifs is 3. The van der Waals surface area contributed by atoms with Gasteiger partial charge in [-0.3, -0.25) is 9.58 Å². The number of aliphatic hydroxyl groups is 1. The van der Waals surface area contributed by atoms with E-state index in [-0.39, 0.29) is 29.0 Å². The maximum Gasteiger partial charge on any atom is 0.359 e. The molecule has 0 aliphatic carbocycles. The van der Waals surface area contributed by atoms with Crippen molar-refractivity contribution in [2.75, 3.05) is 19.7 Å². The predicted molar refractivity (Wildman–Crippen MR) is 121 cm³/mol. The Balaban J connectivity index is 1.78. The van der Waals surface area contributed by atoms with E-state index in [1.165, 1.54) is 0 Å². The number of hydrogen-bond acceptors (Lipinski definition) is 8. The lowest BCUT2D eigenvalue weighted by Gasteiger charge is -2.38. The van der Waals surface area contributed by atoms with Crippen LogP contribution in [0.5, 0.6) is 0 Å². The standard InChI is InChI=1S/C23H31N3O6S/c1-5-31-21(27)19-17-14-33(29,30)18-11-7-6-10-16(18)20(17)26(24-19)15-9-8-12-25(13-15)22(28)32-23(2,3)4/h6-7,10-11,15,22,28H,5,8-9,12-14H2,1-4H3. The highest BCUT2D eigenvalue weighted by atomic mass is 32.2. The summed E-state index contributed by atoms with van der Waals surface area (Å²) >= 11 is 0. The first-order valence-electron chi connectivity index (χ1n) is 11.2. The number of hydrogen-bond donors (Lipinski definition) is 1. The van der Waals surface area contributed by atoms with E-state index in [1.54, 1.807) is 35.9 Å². The third-order valence-electron chi connectivity index (χ3n) is 5.83. The molecule has 2 atom stereocenters. The molecule has 1 aromatic heterocycles. The van der Waals surface area contributed by atoms with Crippen LogP contribution in [0.2, 0.25) is 0 Å². The van der Waals surface area contributed by atoms with Crippen LogP contribution in [0.1, 0.15) is 62.6 Å². The monoisotopic (exact) mass is 477 g/mol. The Morgan fingerprint density at radius 1 is 1.30 bits per heavy atom. The van der Waals surface area contributed by atoms with Crippen LogP contribution in [0, 0.1) is 0 Å². The van der Waals surface area contributed by atoms with E-state index in [1.807, 2.05) is 25.7 Å². The van der Waals surface area contributed by atoms with Gasteiger partial charge in [0, 0.05) is 24.2 Å². The summed E-state index contributed by atoms with van der Waals surface area (Å²) in [5.41, 5.74) is 1.05. The van der Waals surface area contributed by atoms with Crippen LogP contribution in [-0.2, 0) is 25.1 Å². The summed E-state index contributed by atoms with van der Waals surface area (Å²) in [6.07, 6.45) is 0.485. The first-order chi connectivity index (χ1) is 15.5. The normalized spacial score (nSPS) is 21.2. The number of carbonyl (C=O) groups is 1. The molecule has 0 spiro atoms. The van der Waals surface area contributed by atoms with Crippen molar-refractivity contribution in [1.82, 2.24) is 14.7 Å². The summed E-state index contributed by atoms with van der Waals surface area (Å²) in [6.45, 7) is 8.61. The van der Waals surface area contributed by atoms with Gasteiger partial charge in [-0.05, 0) is 46.6 Å². The molecule has 0 bridgehead atoms. The third kappa shape index (κ3) is 4.70. The molecule has 2 aliphatic rings. The molecular formula is C23H31N3O6S. The fourth-order valence-electron chi connectivity index (χ4n) is 4.49. The molecule has 4 rings (SSSR count). The third-order valence-corrected chi connectivity index (χ3v) is 7.53. The first-order valence-corrected chi connectivity index (χ1v) is 12.9. The molecule has 1 aromatic carbocycles. The Morgan fingerprint density at radius 2 is 2.03 bits per heavy atom. The van der Waals surface area contributed by atoms with Crippen LogP contribution < -0.4 is 0 Å². The van der Waals surface area contributed by atoms with Gasteiger partial charge in [0.2, 0.25) is 6.41 Å². The van der Waals surface area contributed by atoms with Crippen molar-refractivity contribution < 1.29 is 27.8 Å². The van der Waals surface area contributed by atoms with Gasteiger partial charge in [-0.2, -0.15) is 5.10 Å². The van der Waals surface area contributed by atoms with E-state index in [4.69, 9.17) is 9.47 Å². The van der Waals surface area contributed by atoms with Gasteiger partial charge < -0.3 is 14.6 Å². The second-order valence-electron chi connectivity index (χ2n) is 9.44. The van der Waals surface area contributed by atoms with Crippen molar-refractivity contribution in [2.24, 2.45) is 0 Å². The summed E-state index contributed by atoms with van der Waals surface area (Å²) in [5, 5.41) is 15.2. The summed E-state index contributed by atoms with van der Waals surface area (Å²) in [7, 11) is -3.62. The van der Waals surface area contributed by atoms with Crippen molar-refractivity contribution in [3.63, 3.8) is 0 Å². The van der Waals surface area contributed by atoms with Gasteiger partial charge in [-0.15, -0.1) is 0 Å². The minimum atomic E-state index is -3.62. The van der Waals surface area contributed by atoms with E-state index in [0.717, 1.165) is 12.8 Å². The maximum atomic E-state index is 13.0. The molecule has 2 unspecified atom stereocenters. The van der Waals surface area contributed by atoms with Crippen molar-refractivity contribution >= 4 is 15.8 Å². The SMILES string of the molecule is CCOC(=O)c1nn(C2CCCN(C(O)OC(C)(C)C)C2)c2c1CS(=O)(=O)c1ccccc1-2. The lowest BCUT2D eigenvalue weighted by molar-refractivity contribution is -0.244. The molecule has 33 heavy (non-hydrogen) atoms. The second kappa shape index (κ2) is 8.83. The summed E-state index contributed by atoms with van der Waals surface area (Å²) in [5.74, 6) is -0.939. The van der Waals surface area contributed by atoms with E-state index in [0.29, 0.717) is 29.9 Å². The Kier molecular flexibility index (Phi) is 6.38. The molecule has 2 aliphatic heterocycles. The van der Waals surface area contributed by atoms with E-state index < -0.39 is 27.8 Å². The maximum absolute atomic E-state index is 13.0. The number of benzene rings is 1. The molecule has 0 amide bonds. The highest BCUT2D eigenvalue weighted by Crippen LogP contribution is 2.41. The average molecular weight is 478 g/mol. The molecule has 180 valence electrons. The Hall–Kier alpha value is -2.27. The molecule has 0 radical (unpaired) electrons. The number of carbonyl (C=O) groups excluding carboxylic acids is 1. The Bertz CT molecular complexity index is 1150. The molecule has 2 aromatic rings. The largest absolute Gasteiger partial charge is 0.461 e. The molecule has 3 heterocycles. The predicted octanol–water partition coefficient (Wildman–Crippen LogP) is 2.74. The highest BCUT2D eigenvalue weighted by molar-refractivity contribution is 7.90. The molecular weight excluding hydrogens is 446 g/mol. The van der Waals surface area contributed by atoms with Gasteiger partial charge in [0.05, 0.1) is 34.6 Å². The van der Waals surface area contributed by atoms with E-state index >= 15 is 0 Å². The zero-order chi connectivity index (χ0) is 24.0. The van der Waals surface area contributed by atoms with Gasteiger partial charge in [-0.25, -0.2) is 13.2 Å². The zero-order valence-electron chi connectivity index (χ0n) is 19.4. The summed E-state index contributed by atoms with van der Waals surface area (Å²) in [4.78, 5) is 14.8. The Labute approximate surface area is 194 Å². The number of aliphatic hydroxyl groups excluding tert-OH is 1. The molecule has 0 saturated carbocycles. The number of piperidine rings is 1. The highest BCUT2D eigenvalue weighted by Gasteiger charge is 2.39. The minimum Gasteiger partial charge on any atom is -0.461 e. The van der Waals surface area contributed by atoms with Crippen molar-refractivity contribution in [2.45, 2.75) is 69.2 Å². The number of likely N-dealkylation sites (tertiary alicyclic amines) is 1. The molecule has 10 heteroatoms. The molecule has 9 nitrogen and oxygen atoms in total. The summed E-state index contributed by atoms with van der Waals surface area (Å²) < 4.78 is 38.6. The number of nitrogens with zero attached hydrogens (tertiary/aromatic N) is 3. The van der Waals surface area contributed by atoms with Crippen molar-refractivity contribution in [1.29, 1.82) is 0 Å².